The SMILES string of the molecule is Cc1cc2cc(C(c3nnnn3Cc3ccco3)N3CCN(c4nc5ccccc5s4)CC3)c(=O)[nH]c2cc1C. The van der Waals surface area contributed by atoms with Gasteiger partial charge in [0.1, 0.15) is 18.3 Å². The van der Waals surface area contributed by atoms with Crippen LogP contribution in [-0.4, -0.2) is 61.3 Å². The molecule has 1 N–H and O–H groups in total. The molecule has 2 aromatic carbocycles. The molecule has 0 saturated carbocycles. The summed E-state index contributed by atoms with van der Waals surface area (Å²) in [6.07, 6.45) is 1.64. The Morgan fingerprint density at radius 3 is 2.65 bits per heavy atom. The van der Waals surface area contributed by atoms with Crippen molar-refractivity contribution in [2.24, 2.45) is 0 Å². The monoisotopic (exact) mass is 552 g/mol. The molecule has 11 heteroatoms. The zero-order valence-electron chi connectivity index (χ0n) is 22.2. The predicted octanol–water partition coefficient (Wildman–Crippen LogP) is 4.29. The van der Waals surface area contributed by atoms with Gasteiger partial charge in [-0.3, -0.25) is 9.69 Å². The van der Waals surface area contributed by atoms with E-state index in [1.165, 1.54) is 10.3 Å². The normalized spacial score (nSPS) is 15.3. The number of piperazine rings is 1. The molecule has 0 bridgehead atoms. The smallest absolute Gasteiger partial charge is 0.253 e. The Kier molecular flexibility index (Phi) is 6.17. The van der Waals surface area contributed by atoms with Gasteiger partial charge < -0.3 is 14.3 Å². The number of hydrogen-bond acceptors (Lipinski definition) is 9. The van der Waals surface area contributed by atoms with Crippen LogP contribution in [0.15, 0.2) is 70.1 Å². The highest BCUT2D eigenvalue weighted by molar-refractivity contribution is 7.22. The van der Waals surface area contributed by atoms with E-state index in [1.807, 2.05) is 36.4 Å². The molecule has 202 valence electrons. The van der Waals surface area contributed by atoms with Crippen molar-refractivity contribution in [1.82, 2.24) is 35.1 Å². The van der Waals surface area contributed by atoms with Crippen molar-refractivity contribution in [3.8, 4) is 0 Å². The molecule has 1 atom stereocenters. The molecule has 0 spiro atoms. The number of thiazole rings is 1. The maximum absolute atomic E-state index is 13.6. The average molecular weight is 553 g/mol. The average Bonchev–Trinajstić information content (AvgIpc) is 3.73. The van der Waals surface area contributed by atoms with Gasteiger partial charge in [0.25, 0.3) is 5.56 Å². The number of pyridine rings is 1. The molecule has 0 aliphatic carbocycles. The lowest BCUT2D eigenvalue weighted by atomic mass is 10.0. The van der Waals surface area contributed by atoms with E-state index in [2.05, 4.69) is 62.4 Å². The van der Waals surface area contributed by atoms with Crippen LogP contribution in [0.5, 0.6) is 0 Å². The third-order valence-corrected chi connectivity index (χ3v) is 8.80. The van der Waals surface area contributed by atoms with Crippen molar-refractivity contribution in [2.75, 3.05) is 31.1 Å². The predicted molar refractivity (Wildman–Crippen MR) is 155 cm³/mol. The summed E-state index contributed by atoms with van der Waals surface area (Å²) in [6.45, 7) is 7.51. The highest BCUT2D eigenvalue weighted by Crippen LogP contribution is 2.32. The van der Waals surface area contributed by atoms with E-state index >= 15 is 0 Å². The van der Waals surface area contributed by atoms with Crippen LogP contribution in [0.1, 0.15) is 34.3 Å². The summed E-state index contributed by atoms with van der Waals surface area (Å²) in [5.74, 6) is 1.35. The highest BCUT2D eigenvalue weighted by atomic mass is 32.1. The standard InChI is InChI=1S/C29H28N8O2S/c1-18-14-20-16-22(28(38)30-24(20)15-19(18)2)26(27-32-33-34-37(27)17-21-6-5-13-39-21)35-9-11-36(12-10-35)29-31-23-7-3-4-8-25(23)40-29/h3-8,13-16,26H,9-12,17H2,1-2H3,(H,30,38). The summed E-state index contributed by atoms with van der Waals surface area (Å²) >= 11 is 1.71. The van der Waals surface area contributed by atoms with Gasteiger partial charge in [-0.1, -0.05) is 23.5 Å². The van der Waals surface area contributed by atoms with Crippen LogP contribution in [0.25, 0.3) is 21.1 Å². The van der Waals surface area contributed by atoms with Crippen molar-refractivity contribution in [3.05, 3.63) is 99.5 Å². The van der Waals surface area contributed by atoms with Gasteiger partial charge in [0.15, 0.2) is 11.0 Å². The van der Waals surface area contributed by atoms with E-state index in [9.17, 15) is 4.79 Å². The van der Waals surface area contributed by atoms with Crippen LogP contribution in [0.3, 0.4) is 0 Å². The Labute approximate surface area is 233 Å². The van der Waals surface area contributed by atoms with Crippen LogP contribution >= 0.6 is 11.3 Å². The third-order valence-electron chi connectivity index (χ3n) is 7.70. The number of rotatable bonds is 6. The van der Waals surface area contributed by atoms with Gasteiger partial charge in [0.2, 0.25) is 0 Å². The van der Waals surface area contributed by atoms with E-state index in [0.29, 0.717) is 17.9 Å². The molecule has 4 aromatic heterocycles. The number of aromatic amines is 1. The number of nitrogens with zero attached hydrogens (tertiary/aromatic N) is 7. The lowest BCUT2D eigenvalue weighted by Gasteiger charge is -2.38. The Morgan fingerprint density at radius 2 is 1.85 bits per heavy atom. The van der Waals surface area contributed by atoms with Crippen LogP contribution in [0, 0.1) is 13.8 Å². The van der Waals surface area contributed by atoms with Gasteiger partial charge >= 0.3 is 0 Å². The van der Waals surface area contributed by atoms with E-state index in [0.717, 1.165) is 59.1 Å². The molecule has 6 aromatic rings. The fraction of sp³-hybridized carbons (Fsp3) is 0.276. The van der Waals surface area contributed by atoms with Crippen LogP contribution in [-0.2, 0) is 6.54 Å². The minimum Gasteiger partial charge on any atom is -0.467 e. The lowest BCUT2D eigenvalue weighted by Crippen LogP contribution is -2.49. The summed E-state index contributed by atoms with van der Waals surface area (Å²) in [6, 6.07) is 17.7. The molecular formula is C29H28N8O2S. The Balaban J connectivity index is 1.26. The minimum absolute atomic E-state index is 0.137. The number of aryl methyl sites for hydroxylation is 2. The second-order valence-electron chi connectivity index (χ2n) is 10.2. The first kappa shape index (κ1) is 24.7. The summed E-state index contributed by atoms with van der Waals surface area (Å²) in [5.41, 5.74) is 4.65. The molecule has 0 radical (unpaired) electrons. The van der Waals surface area contributed by atoms with E-state index < -0.39 is 6.04 Å². The fourth-order valence-corrected chi connectivity index (χ4v) is 6.45. The number of hydrogen-bond donors (Lipinski definition) is 1. The van der Waals surface area contributed by atoms with E-state index in [1.54, 1.807) is 22.3 Å². The first-order chi connectivity index (χ1) is 19.5. The number of H-pyrrole nitrogens is 1. The van der Waals surface area contributed by atoms with Crippen molar-refractivity contribution in [2.45, 2.75) is 26.4 Å². The molecule has 5 heterocycles. The van der Waals surface area contributed by atoms with Gasteiger partial charge in [0, 0.05) is 37.3 Å². The summed E-state index contributed by atoms with van der Waals surface area (Å²) < 4.78 is 8.49. The molecule has 0 amide bonds. The topological polar surface area (TPSA) is 109 Å². The fourth-order valence-electron chi connectivity index (χ4n) is 5.43. The molecule has 1 saturated heterocycles. The van der Waals surface area contributed by atoms with E-state index in [-0.39, 0.29) is 5.56 Å². The number of benzene rings is 2. The number of tetrazole rings is 1. The van der Waals surface area contributed by atoms with Crippen LogP contribution in [0.2, 0.25) is 0 Å². The third kappa shape index (κ3) is 4.46. The molecule has 1 aliphatic heterocycles. The molecule has 40 heavy (non-hydrogen) atoms. The Bertz CT molecular complexity index is 1830. The number of para-hydroxylation sites is 1. The molecule has 10 nitrogen and oxygen atoms in total. The van der Waals surface area contributed by atoms with Gasteiger partial charge in [-0.25, -0.2) is 9.67 Å². The zero-order valence-corrected chi connectivity index (χ0v) is 23.1. The van der Waals surface area contributed by atoms with Gasteiger partial charge in [-0.2, -0.15) is 0 Å². The van der Waals surface area contributed by atoms with Crippen molar-refractivity contribution < 1.29 is 4.42 Å². The number of aromatic nitrogens is 6. The maximum Gasteiger partial charge on any atom is 0.253 e. The number of anilines is 1. The zero-order chi connectivity index (χ0) is 27.2. The maximum atomic E-state index is 13.6. The highest BCUT2D eigenvalue weighted by Gasteiger charge is 2.33. The van der Waals surface area contributed by atoms with Crippen molar-refractivity contribution in [3.63, 3.8) is 0 Å². The molecule has 1 aliphatic rings. The second-order valence-corrected chi connectivity index (χ2v) is 11.3. The van der Waals surface area contributed by atoms with Crippen LogP contribution in [0.4, 0.5) is 5.13 Å². The van der Waals surface area contributed by atoms with Crippen molar-refractivity contribution in [1.29, 1.82) is 0 Å². The van der Waals surface area contributed by atoms with Gasteiger partial charge in [0.05, 0.1) is 16.5 Å². The number of furan rings is 1. The molecule has 1 fully saturated rings. The number of nitrogens with one attached hydrogen (secondary N) is 1. The summed E-state index contributed by atoms with van der Waals surface area (Å²) in [7, 11) is 0. The minimum atomic E-state index is -0.433. The molecule has 7 rings (SSSR count). The Morgan fingerprint density at radius 1 is 1.02 bits per heavy atom. The lowest BCUT2D eigenvalue weighted by molar-refractivity contribution is 0.200. The summed E-state index contributed by atoms with van der Waals surface area (Å²) in [5, 5.41) is 14.7. The largest absolute Gasteiger partial charge is 0.467 e. The summed E-state index contributed by atoms with van der Waals surface area (Å²) in [4.78, 5) is 26.2. The molecule has 1 unspecified atom stereocenters. The quantitative estimate of drug-likeness (QED) is 0.326. The Hall–Kier alpha value is -4.35. The second kappa shape index (κ2) is 10.00. The first-order valence-corrected chi connectivity index (χ1v) is 14.1. The van der Waals surface area contributed by atoms with Crippen molar-refractivity contribution >= 4 is 37.6 Å². The van der Waals surface area contributed by atoms with Gasteiger partial charge in [-0.05, 0) is 83.3 Å². The van der Waals surface area contributed by atoms with E-state index in [4.69, 9.17) is 9.40 Å². The van der Waals surface area contributed by atoms with Crippen LogP contribution < -0.4 is 10.5 Å². The first-order valence-electron chi connectivity index (χ1n) is 13.3. The number of fused-ring (bicyclic) bond motifs is 2. The van der Waals surface area contributed by atoms with Gasteiger partial charge in [-0.15, -0.1) is 5.10 Å². The molecular weight excluding hydrogens is 524 g/mol.